The molecule has 9 nitrogen and oxygen atoms in total. The lowest BCUT2D eigenvalue weighted by Gasteiger charge is -2.37. The van der Waals surface area contributed by atoms with Crippen molar-refractivity contribution in [2.24, 2.45) is 0 Å². The van der Waals surface area contributed by atoms with Gasteiger partial charge < -0.3 is 19.1 Å². The third-order valence-corrected chi connectivity index (χ3v) is 3.97. The van der Waals surface area contributed by atoms with Gasteiger partial charge in [-0.1, -0.05) is 0 Å². The smallest absolute Gasteiger partial charge is 0.303 e. The fourth-order valence-electron chi connectivity index (χ4n) is 2.76. The average Bonchev–Trinajstić information content (AvgIpc) is 2.71. The summed E-state index contributed by atoms with van der Waals surface area (Å²) in [6.07, 6.45) is 0. The summed E-state index contributed by atoms with van der Waals surface area (Å²) in [4.78, 5) is 35.5. The Morgan fingerprint density at radius 3 is 2.38 bits per heavy atom. The topological polar surface area (TPSA) is 108 Å². The molecule has 142 valence electrons. The molecule has 0 fully saturated rings. The van der Waals surface area contributed by atoms with Crippen LogP contribution in [0.2, 0.25) is 0 Å². The van der Waals surface area contributed by atoms with Crippen LogP contribution >= 0.6 is 0 Å². The van der Waals surface area contributed by atoms with E-state index in [0.29, 0.717) is 5.75 Å². The molecule has 1 aliphatic heterocycles. The number of hydrogen-bond donors (Lipinski definition) is 0. The number of fused-ring (bicyclic) bond motifs is 1. The number of benzene rings is 1. The first-order valence-corrected chi connectivity index (χ1v) is 8.14. The molecular weight excluding hydrogens is 344 g/mol. The fourth-order valence-corrected chi connectivity index (χ4v) is 2.76. The van der Waals surface area contributed by atoms with Crippen molar-refractivity contribution in [3.05, 3.63) is 28.3 Å². The quantitative estimate of drug-likeness (QED) is 0.445. The zero-order valence-electron chi connectivity index (χ0n) is 15.2. The van der Waals surface area contributed by atoms with Gasteiger partial charge in [0, 0.05) is 26.0 Å². The average molecular weight is 366 g/mol. The van der Waals surface area contributed by atoms with Crippen molar-refractivity contribution in [3.8, 4) is 11.5 Å². The minimum atomic E-state index is -1.23. The van der Waals surface area contributed by atoms with Crippen LogP contribution < -0.4 is 9.47 Å². The maximum absolute atomic E-state index is 11.9. The molecule has 1 aromatic carbocycles. The molecule has 0 spiro atoms. The molecule has 0 radical (unpaired) electrons. The van der Waals surface area contributed by atoms with Gasteiger partial charge in [0.05, 0.1) is 17.5 Å². The van der Waals surface area contributed by atoms with Gasteiger partial charge in [-0.3, -0.25) is 19.7 Å². The van der Waals surface area contributed by atoms with Crippen molar-refractivity contribution in [3.63, 3.8) is 0 Å². The highest BCUT2D eigenvalue weighted by Crippen LogP contribution is 2.35. The van der Waals surface area contributed by atoms with Gasteiger partial charge in [-0.25, -0.2) is 0 Å². The molecule has 1 aliphatic rings. The van der Waals surface area contributed by atoms with E-state index >= 15 is 0 Å². The summed E-state index contributed by atoms with van der Waals surface area (Å²) in [5.41, 5.74) is -1.37. The highest BCUT2D eigenvalue weighted by Gasteiger charge is 2.41. The Hall–Kier alpha value is -2.84. The summed E-state index contributed by atoms with van der Waals surface area (Å²) in [6, 6.07) is 3.87. The summed E-state index contributed by atoms with van der Waals surface area (Å²) in [6.45, 7) is 6.32. The summed E-state index contributed by atoms with van der Waals surface area (Å²) < 4.78 is 16.9. The number of nitro benzene ring substituents is 1. The first-order chi connectivity index (χ1) is 12.1. The molecule has 1 unspecified atom stereocenters. The van der Waals surface area contributed by atoms with E-state index in [1.165, 1.54) is 32.0 Å². The molecule has 1 atom stereocenters. The Bertz CT molecular complexity index is 719. The van der Waals surface area contributed by atoms with E-state index in [1.807, 2.05) is 13.8 Å². The van der Waals surface area contributed by atoms with Gasteiger partial charge in [0.2, 0.25) is 5.91 Å². The van der Waals surface area contributed by atoms with E-state index in [1.54, 1.807) is 4.90 Å². The number of hydrogen-bond acceptors (Lipinski definition) is 7. The van der Waals surface area contributed by atoms with Crippen molar-refractivity contribution < 1.29 is 28.7 Å². The fraction of sp³-hybridized carbons (Fsp3) is 0.529. The maximum Gasteiger partial charge on any atom is 0.303 e. The van der Waals surface area contributed by atoms with Crippen LogP contribution in [0.3, 0.4) is 0 Å². The van der Waals surface area contributed by atoms with Gasteiger partial charge in [0.1, 0.15) is 13.2 Å². The monoisotopic (exact) mass is 366 g/mol. The summed E-state index contributed by atoms with van der Waals surface area (Å²) in [5.74, 6) is -0.221. The van der Waals surface area contributed by atoms with E-state index in [4.69, 9.17) is 14.2 Å². The minimum absolute atomic E-state index is 0.0477. The minimum Gasteiger partial charge on any atom is -0.485 e. The number of carbonyl (C=O) groups is 2. The molecule has 26 heavy (non-hydrogen) atoms. The number of amides is 1. The second-order valence-corrected chi connectivity index (χ2v) is 6.48. The van der Waals surface area contributed by atoms with Crippen molar-refractivity contribution in [2.75, 3.05) is 19.8 Å². The van der Waals surface area contributed by atoms with Crippen LogP contribution in [-0.4, -0.2) is 53.1 Å². The zero-order valence-corrected chi connectivity index (χ0v) is 15.2. The number of esters is 1. The number of non-ortho nitro benzene ring substituents is 1. The normalized spacial score (nSPS) is 18.8. The number of rotatable bonds is 5. The lowest BCUT2D eigenvalue weighted by Crippen LogP contribution is -2.56. The molecule has 0 saturated heterocycles. The van der Waals surface area contributed by atoms with Crippen molar-refractivity contribution in [1.82, 2.24) is 4.90 Å². The van der Waals surface area contributed by atoms with Gasteiger partial charge in [-0.05, 0) is 19.9 Å². The molecule has 1 heterocycles. The number of ether oxygens (including phenoxy) is 3. The van der Waals surface area contributed by atoms with E-state index in [-0.39, 0.29) is 43.1 Å². The lowest BCUT2D eigenvalue weighted by atomic mass is 10.0. The van der Waals surface area contributed by atoms with Gasteiger partial charge in [0.25, 0.3) is 5.69 Å². The number of nitrogens with zero attached hydrogens (tertiary/aromatic N) is 2. The summed E-state index contributed by atoms with van der Waals surface area (Å²) in [5, 5.41) is 10.9. The second-order valence-electron chi connectivity index (χ2n) is 6.48. The van der Waals surface area contributed by atoms with Crippen LogP contribution in [0.15, 0.2) is 18.2 Å². The molecule has 1 aromatic rings. The van der Waals surface area contributed by atoms with Crippen LogP contribution in [0.5, 0.6) is 11.5 Å². The van der Waals surface area contributed by atoms with E-state index in [2.05, 4.69) is 0 Å². The molecule has 0 N–H and O–H groups in total. The molecular formula is C17H22N2O7. The maximum atomic E-state index is 11.9. The molecule has 1 amide bonds. The molecule has 0 bridgehead atoms. The van der Waals surface area contributed by atoms with Gasteiger partial charge in [-0.2, -0.15) is 0 Å². The largest absolute Gasteiger partial charge is 0.485 e. The molecule has 0 saturated carbocycles. The van der Waals surface area contributed by atoms with Crippen molar-refractivity contribution in [1.29, 1.82) is 0 Å². The van der Waals surface area contributed by atoms with Gasteiger partial charge >= 0.3 is 5.97 Å². The van der Waals surface area contributed by atoms with Crippen LogP contribution in [0.4, 0.5) is 5.69 Å². The highest BCUT2D eigenvalue weighted by atomic mass is 16.6. The Morgan fingerprint density at radius 1 is 1.27 bits per heavy atom. The zero-order chi connectivity index (χ0) is 19.5. The Kier molecular flexibility index (Phi) is 5.69. The third kappa shape index (κ3) is 4.41. The van der Waals surface area contributed by atoms with Crippen LogP contribution in [0.25, 0.3) is 0 Å². The number of carbonyl (C=O) groups excluding carboxylic acids is 2. The van der Waals surface area contributed by atoms with Crippen molar-refractivity contribution >= 4 is 17.6 Å². The second kappa shape index (κ2) is 7.59. The predicted octanol–water partition coefficient (Wildman–Crippen LogP) is 1.92. The van der Waals surface area contributed by atoms with Gasteiger partial charge in [0.15, 0.2) is 17.1 Å². The Labute approximate surface area is 151 Å². The molecule has 0 aromatic heterocycles. The van der Waals surface area contributed by atoms with E-state index in [0.717, 1.165) is 0 Å². The highest BCUT2D eigenvalue weighted by molar-refractivity contribution is 5.74. The standard InChI is InChI=1S/C17H22N2O7/c1-11(2)18(12(3)20)8-17(26-13(4)21)9-24-15-6-5-14(19(22)23)7-16(15)25-10-17/h5-7,11H,8-10H2,1-4H3. The molecule has 0 aliphatic carbocycles. The van der Waals surface area contributed by atoms with Crippen molar-refractivity contribution in [2.45, 2.75) is 39.3 Å². The van der Waals surface area contributed by atoms with Crippen LogP contribution in [-0.2, 0) is 14.3 Å². The first kappa shape index (κ1) is 19.5. The van der Waals surface area contributed by atoms with Crippen LogP contribution in [0, 0.1) is 10.1 Å². The lowest BCUT2D eigenvalue weighted by molar-refractivity contribution is -0.385. The molecule has 2 rings (SSSR count). The molecule has 9 heteroatoms. The summed E-state index contributed by atoms with van der Waals surface area (Å²) in [7, 11) is 0. The number of nitro groups is 1. The Morgan fingerprint density at radius 2 is 1.88 bits per heavy atom. The van der Waals surface area contributed by atoms with E-state index in [9.17, 15) is 19.7 Å². The predicted molar refractivity (Wildman–Crippen MR) is 91.1 cm³/mol. The SMILES string of the molecule is CC(=O)OC1(CN(C(C)=O)C(C)C)COc2ccc([N+](=O)[O-])cc2OC1. The van der Waals surface area contributed by atoms with Crippen LogP contribution in [0.1, 0.15) is 27.7 Å². The third-order valence-electron chi connectivity index (χ3n) is 3.97. The first-order valence-electron chi connectivity index (χ1n) is 8.14. The summed E-state index contributed by atoms with van der Waals surface area (Å²) >= 11 is 0. The Balaban J connectivity index is 2.32. The van der Waals surface area contributed by atoms with E-state index < -0.39 is 16.5 Å². The van der Waals surface area contributed by atoms with Gasteiger partial charge in [-0.15, -0.1) is 0 Å².